The Bertz CT molecular complexity index is 1010. The van der Waals surface area contributed by atoms with Crippen LogP contribution in [0, 0.1) is 18.0 Å². The summed E-state index contributed by atoms with van der Waals surface area (Å²) in [5.74, 6) is 6.24. The molecule has 3 aromatic heterocycles. The van der Waals surface area contributed by atoms with Gasteiger partial charge in [0.1, 0.15) is 11.9 Å². The van der Waals surface area contributed by atoms with Crippen LogP contribution in [0.25, 0.3) is 21.6 Å². The molecule has 1 radical (unpaired) electrons. The van der Waals surface area contributed by atoms with E-state index in [-0.39, 0.29) is 0 Å². The van der Waals surface area contributed by atoms with Gasteiger partial charge in [0.05, 0.1) is 15.9 Å². The van der Waals surface area contributed by atoms with Crippen LogP contribution >= 0.6 is 11.3 Å². The number of benzene rings is 1. The summed E-state index contributed by atoms with van der Waals surface area (Å²) in [6.07, 6.45) is 6.48. The molecular formula is C19H10N3S. The van der Waals surface area contributed by atoms with Crippen molar-refractivity contribution >= 4 is 22.4 Å². The molecule has 0 aliphatic carbocycles. The van der Waals surface area contributed by atoms with Crippen LogP contribution < -0.4 is 0 Å². The van der Waals surface area contributed by atoms with Crippen LogP contribution in [-0.2, 0) is 0 Å². The van der Waals surface area contributed by atoms with Gasteiger partial charge < -0.3 is 0 Å². The number of hydrogen-bond donors (Lipinski definition) is 0. The smallest absolute Gasteiger partial charge is 0.119 e. The number of fused-ring (bicyclic) bond motifs is 1. The predicted molar refractivity (Wildman–Crippen MR) is 91.9 cm³/mol. The van der Waals surface area contributed by atoms with Gasteiger partial charge in [0, 0.05) is 23.5 Å². The van der Waals surface area contributed by atoms with Crippen LogP contribution in [0.1, 0.15) is 11.1 Å². The molecule has 1 aromatic carbocycles. The van der Waals surface area contributed by atoms with Gasteiger partial charge in [-0.25, -0.2) is 9.97 Å². The molecule has 0 bridgehead atoms. The highest BCUT2D eigenvalue weighted by atomic mass is 32.1. The summed E-state index contributed by atoms with van der Waals surface area (Å²) in [7, 11) is 0. The highest BCUT2D eigenvalue weighted by molar-refractivity contribution is 7.13. The molecule has 0 N–H and O–H groups in total. The van der Waals surface area contributed by atoms with Gasteiger partial charge in [-0.3, -0.25) is 4.98 Å². The molecule has 4 rings (SSSR count). The van der Waals surface area contributed by atoms with E-state index in [9.17, 15) is 0 Å². The largest absolute Gasteiger partial charge is 0.263 e. The van der Waals surface area contributed by atoms with Crippen LogP contribution in [0.5, 0.6) is 0 Å². The van der Waals surface area contributed by atoms with E-state index in [4.69, 9.17) is 0 Å². The Balaban J connectivity index is 1.74. The third-order valence-electron chi connectivity index (χ3n) is 3.26. The summed E-state index contributed by atoms with van der Waals surface area (Å²) in [5.41, 5.74) is 4.20. The third kappa shape index (κ3) is 2.96. The first-order chi connectivity index (χ1) is 11.4. The second kappa shape index (κ2) is 5.99. The molecule has 0 saturated heterocycles. The van der Waals surface area contributed by atoms with E-state index in [0.29, 0.717) is 0 Å². The van der Waals surface area contributed by atoms with Crippen molar-refractivity contribution in [1.29, 1.82) is 0 Å². The molecule has 0 aliphatic rings. The first-order valence-electron chi connectivity index (χ1n) is 7.04. The number of nitrogens with zero attached hydrogens (tertiary/aromatic N) is 3. The zero-order valence-corrected chi connectivity index (χ0v) is 12.8. The maximum Gasteiger partial charge on any atom is 0.119 e. The number of hydrogen-bond acceptors (Lipinski definition) is 4. The standard InChI is InChI=1S/C19H10N3S/c1-3-15(12-20-9-1)6-5-14-7-8-16-17(11-14)22-18(13-21-16)19-4-2-10-23-19/h1-4,7-12H. The van der Waals surface area contributed by atoms with Crippen LogP contribution in [0.3, 0.4) is 0 Å². The predicted octanol–water partition coefficient (Wildman–Crippen LogP) is 3.95. The third-order valence-corrected chi connectivity index (χ3v) is 4.13. The fraction of sp³-hybridized carbons (Fsp3) is 0. The van der Waals surface area contributed by atoms with Crippen molar-refractivity contribution in [2.24, 2.45) is 0 Å². The first-order valence-corrected chi connectivity index (χ1v) is 7.92. The Kier molecular flexibility index (Phi) is 3.55. The summed E-state index contributed by atoms with van der Waals surface area (Å²) in [4.78, 5) is 14.1. The van der Waals surface area contributed by atoms with E-state index in [2.05, 4.69) is 33.0 Å². The lowest BCUT2D eigenvalue weighted by atomic mass is 10.1. The number of thiophene rings is 1. The molecule has 0 fully saturated rings. The van der Waals surface area contributed by atoms with Gasteiger partial charge in [-0.1, -0.05) is 17.9 Å². The molecular weight excluding hydrogens is 302 g/mol. The second-order valence-corrected chi connectivity index (χ2v) is 5.80. The van der Waals surface area contributed by atoms with E-state index in [1.165, 1.54) is 0 Å². The molecule has 3 nitrogen and oxygen atoms in total. The van der Waals surface area contributed by atoms with Gasteiger partial charge in [0.15, 0.2) is 0 Å². The second-order valence-electron chi connectivity index (χ2n) is 4.86. The molecule has 0 amide bonds. The summed E-state index contributed by atoms with van der Waals surface area (Å²) >= 11 is 1.63. The number of pyridine rings is 1. The molecule has 0 saturated carbocycles. The summed E-state index contributed by atoms with van der Waals surface area (Å²) in [6, 6.07) is 13.6. The molecule has 4 aromatic rings. The normalized spacial score (nSPS) is 10.3. The maximum atomic E-state index is 4.65. The van der Waals surface area contributed by atoms with Gasteiger partial charge in [-0.2, -0.15) is 0 Å². The van der Waals surface area contributed by atoms with E-state index >= 15 is 0 Å². The van der Waals surface area contributed by atoms with Crippen molar-refractivity contribution < 1.29 is 0 Å². The van der Waals surface area contributed by atoms with Gasteiger partial charge in [0.2, 0.25) is 0 Å². The van der Waals surface area contributed by atoms with Crippen LogP contribution in [-0.4, -0.2) is 15.0 Å². The lowest BCUT2D eigenvalue weighted by Gasteiger charge is -2.00. The Morgan fingerprint density at radius 2 is 1.91 bits per heavy atom. The van der Waals surface area contributed by atoms with Gasteiger partial charge >= 0.3 is 0 Å². The Hall–Kier alpha value is -3.03. The van der Waals surface area contributed by atoms with Crippen molar-refractivity contribution in [3.05, 3.63) is 77.6 Å². The Labute approximate surface area is 137 Å². The zero-order valence-electron chi connectivity index (χ0n) is 12.0. The molecule has 4 heteroatoms. The zero-order chi connectivity index (χ0) is 15.5. The average Bonchev–Trinajstić information content (AvgIpc) is 3.15. The minimum atomic E-state index is 0.768. The number of aromatic nitrogens is 3. The minimum absolute atomic E-state index is 0.768. The van der Waals surface area contributed by atoms with E-state index in [1.807, 2.05) is 47.8 Å². The monoisotopic (exact) mass is 312 g/mol. The number of rotatable bonds is 1. The van der Waals surface area contributed by atoms with Crippen molar-refractivity contribution in [2.75, 3.05) is 0 Å². The quantitative estimate of drug-likeness (QED) is 0.499. The van der Waals surface area contributed by atoms with Gasteiger partial charge in [-0.15, -0.1) is 11.3 Å². The highest BCUT2D eigenvalue weighted by Crippen LogP contribution is 2.23. The molecule has 0 unspecified atom stereocenters. The van der Waals surface area contributed by atoms with Crippen molar-refractivity contribution in [2.45, 2.75) is 0 Å². The minimum Gasteiger partial charge on any atom is -0.263 e. The van der Waals surface area contributed by atoms with Crippen LogP contribution in [0.15, 0.2) is 60.2 Å². The molecule has 0 aliphatic heterocycles. The lowest BCUT2D eigenvalue weighted by molar-refractivity contribution is 1.29. The fourth-order valence-corrected chi connectivity index (χ4v) is 2.81. The lowest BCUT2D eigenvalue weighted by Crippen LogP contribution is -1.88. The molecule has 0 atom stereocenters. The van der Waals surface area contributed by atoms with E-state index < -0.39 is 0 Å². The topological polar surface area (TPSA) is 38.7 Å². The SMILES string of the molecule is C(#Cc1ccc2n[c]c(-c3cccs3)nc2c1)c1cccnc1. The summed E-state index contributed by atoms with van der Waals surface area (Å²) < 4.78 is 0. The van der Waals surface area contributed by atoms with Crippen LogP contribution in [0.2, 0.25) is 0 Å². The van der Waals surface area contributed by atoms with E-state index in [0.717, 1.165) is 32.7 Å². The molecule has 0 spiro atoms. The summed E-state index contributed by atoms with van der Waals surface area (Å²) in [5, 5.41) is 2.02. The van der Waals surface area contributed by atoms with Crippen molar-refractivity contribution in [1.82, 2.24) is 15.0 Å². The maximum absolute atomic E-state index is 4.65. The fourth-order valence-electron chi connectivity index (χ4n) is 2.15. The molecule has 107 valence electrons. The summed E-state index contributed by atoms with van der Waals surface area (Å²) in [6.45, 7) is 0. The van der Waals surface area contributed by atoms with Crippen molar-refractivity contribution in [3.8, 4) is 22.4 Å². The average molecular weight is 312 g/mol. The van der Waals surface area contributed by atoms with Crippen LogP contribution in [0.4, 0.5) is 0 Å². The highest BCUT2D eigenvalue weighted by Gasteiger charge is 2.04. The first kappa shape index (κ1) is 13.6. The Morgan fingerprint density at radius 1 is 0.957 bits per heavy atom. The molecule has 3 heterocycles. The van der Waals surface area contributed by atoms with Crippen molar-refractivity contribution in [3.63, 3.8) is 0 Å². The van der Waals surface area contributed by atoms with Gasteiger partial charge in [-0.05, 0) is 41.8 Å². The molecule has 23 heavy (non-hydrogen) atoms. The Morgan fingerprint density at radius 3 is 2.74 bits per heavy atom. The van der Waals surface area contributed by atoms with E-state index in [1.54, 1.807) is 23.7 Å². The van der Waals surface area contributed by atoms with Gasteiger partial charge in [0.25, 0.3) is 0 Å².